The summed E-state index contributed by atoms with van der Waals surface area (Å²) in [6.45, 7) is 1.20. The van der Waals surface area contributed by atoms with Crippen LogP contribution in [-0.4, -0.2) is 36.6 Å². The number of unbranched alkanes of at least 4 members (excludes halogenated alkanes) is 1. The van der Waals surface area contributed by atoms with Crippen molar-refractivity contribution in [2.45, 2.75) is 38.8 Å². The first-order valence-corrected chi connectivity index (χ1v) is 5.45. The standard InChI is InChI=1S/C10H19F3N2O/c1-2-3-7-15(8-10(11,12)13)9(16)5-4-6-14/h2-8,14H2,1H3. The van der Waals surface area contributed by atoms with E-state index in [1.165, 1.54) is 0 Å². The Morgan fingerprint density at radius 1 is 1.31 bits per heavy atom. The lowest BCUT2D eigenvalue weighted by Gasteiger charge is -2.23. The fourth-order valence-electron chi connectivity index (χ4n) is 1.27. The molecule has 0 aromatic carbocycles. The van der Waals surface area contributed by atoms with Crippen LogP contribution in [0, 0.1) is 0 Å². The fraction of sp³-hybridized carbons (Fsp3) is 0.900. The van der Waals surface area contributed by atoms with Crippen LogP contribution in [0.3, 0.4) is 0 Å². The van der Waals surface area contributed by atoms with Gasteiger partial charge in [-0.25, -0.2) is 0 Å². The van der Waals surface area contributed by atoms with E-state index >= 15 is 0 Å². The molecule has 0 spiro atoms. The number of hydrogen-bond acceptors (Lipinski definition) is 2. The van der Waals surface area contributed by atoms with Gasteiger partial charge in [-0.3, -0.25) is 4.79 Å². The summed E-state index contributed by atoms with van der Waals surface area (Å²) in [6, 6.07) is 0. The molecule has 0 radical (unpaired) electrons. The lowest BCUT2D eigenvalue weighted by Crippen LogP contribution is -2.39. The van der Waals surface area contributed by atoms with Crippen LogP contribution in [0.15, 0.2) is 0 Å². The molecule has 1 amide bonds. The number of amides is 1. The van der Waals surface area contributed by atoms with E-state index in [1.54, 1.807) is 0 Å². The van der Waals surface area contributed by atoms with Crippen LogP contribution in [-0.2, 0) is 4.79 Å². The summed E-state index contributed by atoms with van der Waals surface area (Å²) < 4.78 is 36.6. The largest absolute Gasteiger partial charge is 0.406 e. The highest BCUT2D eigenvalue weighted by molar-refractivity contribution is 5.76. The highest BCUT2D eigenvalue weighted by atomic mass is 19.4. The number of alkyl halides is 3. The molecule has 6 heteroatoms. The molecule has 0 heterocycles. The Morgan fingerprint density at radius 3 is 2.38 bits per heavy atom. The number of carbonyl (C=O) groups is 1. The first-order valence-electron chi connectivity index (χ1n) is 5.45. The Hall–Kier alpha value is -0.780. The number of nitrogens with zero attached hydrogens (tertiary/aromatic N) is 1. The van der Waals surface area contributed by atoms with Crippen molar-refractivity contribution in [3.8, 4) is 0 Å². The molecule has 0 saturated carbocycles. The van der Waals surface area contributed by atoms with Gasteiger partial charge in [0.15, 0.2) is 0 Å². The highest BCUT2D eigenvalue weighted by Gasteiger charge is 2.32. The lowest BCUT2D eigenvalue weighted by atomic mass is 10.2. The van der Waals surface area contributed by atoms with E-state index in [2.05, 4.69) is 0 Å². The maximum atomic E-state index is 12.2. The Labute approximate surface area is 93.8 Å². The summed E-state index contributed by atoms with van der Waals surface area (Å²) in [7, 11) is 0. The first-order chi connectivity index (χ1) is 7.40. The Bertz CT molecular complexity index is 207. The summed E-state index contributed by atoms with van der Waals surface area (Å²) >= 11 is 0. The quantitative estimate of drug-likeness (QED) is 0.739. The number of carbonyl (C=O) groups excluding carboxylic acids is 1. The van der Waals surface area contributed by atoms with Gasteiger partial charge in [0.2, 0.25) is 5.91 Å². The van der Waals surface area contributed by atoms with E-state index in [0.29, 0.717) is 19.4 Å². The van der Waals surface area contributed by atoms with Gasteiger partial charge < -0.3 is 10.6 Å². The third-order valence-electron chi connectivity index (χ3n) is 2.10. The monoisotopic (exact) mass is 240 g/mol. The molecule has 0 aliphatic carbocycles. The van der Waals surface area contributed by atoms with Gasteiger partial charge in [-0.15, -0.1) is 0 Å². The molecule has 0 saturated heterocycles. The van der Waals surface area contributed by atoms with Gasteiger partial charge in [0.1, 0.15) is 6.54 Å². The number of hydrogen-bond donors (Lipinski definition) is 1. The van der Waals surface area contributed by atoms with Crippen LogP contribution in [0.1, 0.15) is 32.6 Å². The van der Waals surface area contributed by atoms with Crippen molar-refractivity contribution in [2.75, 3.05) is 19.6 Å². The van der Waals surface area contributed by atoms with Gasteiger partial charge in [-0.05, 0) is 19.4 Å². The Kier molecular flexibility index (Phi) is 7.12. The van der Waals surface area contributed by atoms with Gasteiger partial charge in [0, 0.05) is 13.0 Å². The summed E-state index contributed by atoms with van der Waals surface area (Å²) in [5, 5.41) is 0. The molecular weight excluding hydrogens is 221 g/mol. The van der Waals surface area contributed by atoms with Crippen LogP contribution < -0.4 is 5.73 Å². The second-order valence-corrected chi connectivity index (χ2v) is 3.68. The average molecular weight is 240 g/mol. The maximum absolute atomic E-state index is 12.2. The second-order valence-electron chi connectivity index (χ2n) is 3.68. The molecule has 0 bridgehead atoms. The SMILES string of the molecule is CCCCN(CC(F)(F)F)C(=O)CCCN. The van der Waals surface area contributed by atoms with E-state index in [1.807, 2.05) is 6.92 Å². The van der Waals surface area contributed by atoms with Crippen LogP contribution in [0.5, 0.6) is 0 Å². The van der Waals surface area contributed by atoms with Crippen molar-refractivity contribution in [1.29, 1.82) is 0 Å². The molecule has 96 valence electrons. The zero-order valence-electron chi connectivity index (χ0n) is 9.52. The number of halogens is 3. The maximum Gasteiger partial charge on any atom is 0.406 e. The second kappa shape index (κ2) is 7.49. The molecule has 0 aliphatic rings. The molecule has 0 aliphatic heterocycles. The molecule has 0 rings (SSSR count). The average Bonchev–Trinajstić information content (AvgIpc) is 2.19. The van der Waals surface area contributed by atoms with Crippen LogP contribution in [0.25, 0.3) is 0 Å². The zero-order valence-corrected chi connectivity index (χ0v) is 9.52. The predicted octanol–water partition coefficient (Wildman–Crippen LogP) is 1.92. The van der Waals surface area contributed by atoms with Gasteiger partial charge in [0.05, 0.1) is 0 Å². The Morgan fingerprint density at radius 2 is 1.94 bits per heavy atom. The van der Waals surface area contributed by atoms with Gasteiger partial charge in [-0.2, -0.15) is 13.2 Å². The number of nitrogens with two attached hydrogens (primary N) is 1. The third kappa shape index (κ3) is 7.50. The molecule has 0 aromatic rings. The van der Waals surface area contributed by atoms with Gasteiger partial charge >= 0.3 is 6.18 Å². The lowest BCUT2D eigenvalue weighted by molar-refractivity contribution is -0.161. The minimum atomic E-state index is -4.33. The third-order valence-corrected chi connectivity index (χ3v) is 2.10. The normalized spacial score (nSPS) is 11.6. The molecule has 3 nitrogen and oxygen atoms in total. The predicted molar refractivity (Wildman–Crippen MR) is 55.8 cm³/mol. The van der Waals surface area contributed by atoms with Crippen molar-refractivity contribution in [2.24, 2.45) is 5.73 Å². The molecule has 0 fully saturated rings. The van der Waals surface area contributed by atoms with Crippen LogP contribution in [0.2, 0.25) is 0 Å². The van der Waals surface area contributed by atoms with Crippen molar-refractivity contribution >= 4 is 5.91 Å². The smallest absolute Gasteiger partial charge is 0.334 e. The van der Waals surface area contributed by atoms with E-state index in [4.69, 9.17) is 5.73 Å². The molecule has 16 heavy (non-hydrogen) atoms. The zero-order chi connectivity index (χ0) is 12.6. The molecular formula is C10H19F3N2O. The minimum absolute atomic E-state index is 0.0935. The number of rotatable bonds is 7. The summed E-state index contributed by atoms with van der Waals surface area (Å²) in [4.78, 5) is 12.3. The molecule has 0 aromatic heterocycles. The summed E-state index contributed by atoms with van der Waals surface area (Å²) in [5.41, 5.74) is 5.21. The molecule has 0 unspecified atom stereocenters. The minimum Gasteiger partial charge on any atom is -0.334 e. The van der Waals surface area contributed by atoms with E-state index in [9.17, 15) is 18.0 Å². The van der Waals surface area contributed by atoms with Crippen molar-refractivity contribution < 1.29 is 18.0 Å². The summed E-state index contributed by atoms with van der Waals surface area (Å²) in [6.07, 6.45) is -2.45. The van der Waals surface area contributed by atoms with Gasteiger partial charge in [0.25, 0.3) is 0 Å². The van der Waals surface area contributed by atoms with E-state index in [-0.39, 0.29) is 13.0 Å². The molecule has 2 N–H and O–H groups in total. The van der Waals surface area contributed by atoms with Crippen LogP contribution in [0.4, 0.5) is 13.2 Å². The highest BCUT2D eigenvalue weighted by Crippen LogP contribution is 2.17. The van der Waals surface area contributed by atoms with Crippen molar-refractivity contribution in [3.05, 3.63) is 0 Å². The van der Waals surface area contributed by atoms with E-state index < -0.39 is 18.6 Å². The van der Waals surface area contributed by atoms with Crippen LogP contribution >= 0.6 is 0 Å². The molecule has 0 atom stereocenters. The van der Waals surface area contributed by atoms with Crippen molar-refractivity contribution in [3.63, 3.8) is 0 Å². The fourth-order valence-corrected chi connectivity index (χ4v) is 1.27. The Balaban J connectivity index is 4.23. The van der Waals surface area contributed by atoms with E-state index in [0.717, 1.165) is 11.3 Å². The van der Waals surface area contributed by atoms with Crippen molar-refractivity contribution in [1.82, 2.24) is 4.90 Å². The first kappa shape index (κ1) is 15.2. The summed E-state index contributed by atoms with van der Waals surface area (Å²) in [5.74, 6) is -0.462. The topological polar surface area (TPSA) is 46.3 Å². The van der Waals surface area contributed by atoms with Gasteiger partial charge in [-0.1, -0.05) is 13.3 Å².